The molecule has 0 aromatic heterocycles. The summed E-state index contributed by atoms with van der Waals surface area (Å²) in [7, 11) is 0. The topological polar surface area (TPSA) is 78.6 Å². The Labute approximate surface area is 111 Å². The van der Waals surface area contributed by atoms with E-state index in [-0.39, 0.29) is 30.1 Å². The molecule has 0 saturated carbocycles. The molecule has 0 aromatic rings. The summed E-state index contributed by atoms with van der Waals surface area (Å²) in [6.07, 6.45) is 5.00. The number of hydrogen-bond acceptors (Lipinski definition) is 5. The summed E-state index contributed by atoms with van der Waals surface area (Å²) in [6, 6.07) is 0. The van der Waals surface area contributed by atoms with Crippen LogP contribution in [0.25, 0.3) is 0 Å². The van der Waals surface area contributed by atoms with Gasteiger partial charge in [0.25, 0.3) is 0 Å². The van der Waals surface area contributed by atoms with Crippen LogP contribution in [0.3, 0.4) is 0 Å². The van der Waals surface area contributed by atoms with Gasteiger partial charge in [-0.1, -0.05) is 18.7 Å². The summed E-state index contributed by atoms with van der Waals surface area (Å²) in [4.78, 5) is 22.5. The number of ether oxygens (including phenoxy) is 2. The minimum Gasteiger partial charge on any atom is -0.458 e. The molecule has 1 atom stereocenters. The molecule has 0 bridgehead atoms. The predicted octanol–water partition coefficient (Wildman–Crippen LogP) is 0.827. The standard InChI is InChI=1S/C14H15NO4/c1-3-7-18-13-10(9-16)5-6-11(12(13)15)14(17)19-8-4-2/h3-6,13H,1-2,7-8,15H2. The van der Waals surface area contributed by atoms with Crippen molar-refractivity contribution in [1.82, 2.24) is 0 Å². The van der Waals surface area contributed by atoms with Crippen molar-refractivity contribution in [3.63, 3.8) is 0 Å². The van der Waals surface area contributed by atoms with Crippen LogP contribution < -0.4 is 5.73 Å². The van der Waals surface area contributed by atoms with E-state index in [9.17, 15) is 9.59 Å². The number of carbonyl (C=O) groups excluding carboxylic acids is 2. The quantitative estimate of drug-likeness (QED) is 0.435. The Kier molecular flexibility index (Phi) is 5.54. The molecule has 0 amide bonds. The van der Waals surface area contributed by atoms with E-state index in [0.29, 0.717) is 0 Å². The van der Waals surface area contributed by atoms with Crippen LogP contribution in [0.15, 0.2) is 54.3 Å². The Morgan fingerprint density at radius 3 is 2.63 bits per heavy atom. The lowest BCUT2D eigenvalue weighted by molar-refractivity contribution is -0.137. The maximum atomic E-state index is 11.7. The van der Waals surface area contributed by atoms with Crippen molar-refractivity contribution in [2.75, 3.05) is 13.2 Å². The van der Waals surface area contributed by atoms with Crippen LogP contribution in [0.2, 0.25) is 0 Å². The summed E-state index contributed by atoms with van der Waals surface area (Å²) in [5.74, 6) is 1.14. The fraction of sp³-hybridized carbons (Fsp3) is 0.214. The summed E-state index contributed by atoms with van der Waals surface area (Å²) in [5.41, 5.74) is 6.35. The highest BCUT2D eigenvalue weighted by Gasteiger charge is 2.27. The molecule has 2 N–H and O–H groups in total. The van der Waals surface area contributed by atoms with E-state index in [1.54, 1.807) is 5.94 Å². The third-order valence-electron chi connectivity index (χ3n) is 2.36. The van der Waals surface area contributed by atoms with Gasteiger partial charge in [0.05, 0.1) is 23.5 Å². The highest BCUT2D eigenvalue weighted by Crippen LogP contribution is 2.22. The van der Waals surface area contributed by atoms with Gasteiger partial charge in [0.1, 0.15) is 18.7 Å². The zero-order valence-electron chi connectivity index (χ0n) is 10.4. The molecule has 100 valence electrons. The van der Waals surface area contributed by atoms with E-state index >= 15 is 0 Å². The molecule has 5 heteroatoms. The molecule has 0 spiro atoms. The largest absolute Gasteiger partial charge is 0.458 e. The Morgan fingerprint density at radius 2 is 2.05 bits per heavy atom. The van der Waals surface area contributed by atoms with Gasteiger partial charge in [-0.05, 0) is 12.2 Å². The van der Waals surface area contributed by atoms with Crippen LogP contribution in [-0.2, 0) is 19.1 Å². The molecule has 0 heterocycles. The first-order chi connectivity index (χ1) is 9.15. The Balaban J connectivity index is 3.00. The van der Waals surface area contributed by atoms with Gasteiger partial charge >= 0.3 is 5.97 Å². The normalized spacial score (nSPS) is 17.9. The second-order valence-electron chi connectivity index (χ2n) is 3.65. The van der Waals surface area contributed by atoms with Gasteiger partial charge in [0, 0.05) is 0 Å². The first-order valence-electron chi connectivity index (χ1n) is 5.59. The second kappa shape index (κ2) is 7.16. The summed E-state index contributed by atoms with van der Waals surface area (Å²) < 4.78 is 10.2. The van der Waals surface area contributed by atoms with Crippen molar-refractivity contribution in [3.05, 3.63) is 54.3 Å². The van der Waals surface area contributed by atoms with Crippen LogP contribution in [0.5, 0.6) is 0 Å². The van der Waals surface area contributed by atoms with E-state index in [1.165, 1.54) is 24.3 Å². The second-order valence-corrected chi connectivity index (χ2v) is 3.65. The van der Waals surface area contributed by atoms with Crippen molar-refractivity contribution in [3.8, 4) is 0 Å². The molecular formula is C14H15NO4. The fourth-order valence-corrected chi connectivity index (χ4v) is 1.50. The lowest BCUT2D eigenvalue weighted by atomic mass is 9.97. The van der Waals surface area contributed by atoms with Crippen LogP contribution >= 0.6 is 0 Å². The molecule has 0 aromatic carbocycles. The average Bonchev–Trinajstić information content (AvgIpc) is 2.43. The first-order valence-corrected chi connectivity index (χ1v) is 5.59. The molecule has 0 aliphatic heterocycles. The zero-order valence-corrected chi connectivity index (χ0v) is 10.4. The minimum absolute atomic E-state index is 0.0814. The first kappa shape index (κ1) is 14.7. The SMILES string of the molecule is C=CCOC(=O)C1=C(N)C(OCC=C)C(=C=O)C=C1. The summed E-state index contributed by atoms with van der Waals surface area (Å²) in [5, 5.41) is 0. The average molecular weight is 261 g/mol. The number of hydrogen-bond donors (Lipinski definition) is 1. The molecule has 0 radical (unpaired) electrons. The van der Waals surface area contributed by atoms with Gasteiger partial charge in [-0.15, -0.1) is 6.58 Å². The Bertz CT molecular complexity index is 496. The number of nitrogens with two attached hydrogens (primary N) is 1. The molecule has 0 saturated heterocycles. The third-order valence-corrected chi connectivity index (χ3v) is 2.36. The van der Waals surface area contributed by atoms with Gasteiger partial charge < -0.3 is 15.2 Å². The van der Waals surface area contributed by atoms with Crippen molar-refractivity contribution in [2.24, 2.45) is 5.73 Å². The molecule has 1 rings (SSSR count). The van der Waals surface area contributed by atoms with Gasteiger partial charge in [0.15, 0.2) is 0 Å². The van der Waals surface area contributed by atoms with Crippen LogP contribution in [0, 0.1) is 0 Å². The van der Waals surface area contributed by atoms with E-state index in [2.05, 4.69) is 13.2 Å². The lowest BCUT2D eigenvalue weighted by Gasteiger charge is -2.21. The number of carbonyl (C=O) groups is 1. The van der Waals surface area contributed by atoms with E-state index < -0.39 is 12.1 Å². The van der Waals surface area contributed by atoms with Gasteiger partial charge in [0.2, 0.25) is 0 Å². The van der Waals surface area contributed by atoms with E-state index in [1.807, 2.05) is 0 Å². The summed E-state index contributed by atoms with van der Waals surface area (Å²) >= 11 is 0. The van der Waals surface area contributed by atoms with Crippen LogP contribution in [0.4, 0.5) is 0 Å². The fourth-order valence-electron chi connectivity index (χ4n) is 1.50. The van der Waals surface area contributed by atoms with Crippen molar-refractivity contribution in [1.29, 1.82) is 0 Å². The third kappa shape index (κ3) is 3.55. The van der Waals surface area contributed by atoms with Crippen molar-refractivity contribution < 1.29 is 19.1 Å². The highest BCUT2D eigenvalue weighted by atomic mass is 16.5. The zero-order chi connectivity index (χ0) is 14.3. The monoisotopic (exact) mass is 261 g/mol. The molecule has 1 aliphatic rings. The lowest BCUT2D eigenvalue weighted by Crippen LogP contribution is -2.29. The van der Waals surface area contributed by atoms with Crippen molar-refractivity contribution in [2.45, 2.75) is 6.10 Å². The van der Waals surface area contributed by atoms with Crippen molar-refractivity contribution >= 4 is 11.9 Å². The van der Waals surface area contributed by atoms with E-state index in [0.717, 1.165) is 0 Å². The van der Waals surface area contributed by atoms with Gasteiger partial charge in [-0.3, -0.25) is 0 Å². The van der Waals surface area contributed by atoms with E-state index in [4.69, 9.17) is 15.2 Å². The Morgan fingerprint density at radius 1 is 1.37 bits per heavy atom. The highest BCUT2D eigenvalue weighted by molar-refractivity contribution is 5.94. The number of rotatable bonds is 6. The molecule has 1 aliphatic carbocycles. The smallest absolute Gasteiger partial charge is 0.340 e. The number of esters is 1. The summed E-state index contributed by atoms with van der Waals surface area (Å²) in [6.45, 7) is 7.22. The molecule has 0 fully saturated rings. The van der Waals surface area contributed by atoms with Gasteiger partial charge in [-0.25, -0.2) is 9.59 Å². The maximum absolute atomic E-state index is 11.7. The Hall–Kier alpha value is -2.36. The molecular weight excluding hydrogens is 246 g/mol. The minimum atomic E-state index is -0.813. The predicted molar refractivity (Wildman–Crippen MR) is 70.7 cm³/mol. The molecule has 5 nitrogen and oxygen atoms in total. The maximum Gasteiger partial charge on any atom is 0.340 e. The van der Waals surface area contributed by atoms with Crippen LogP contribution in [-0.4, -0.2) is 31.2 Å². The van der Waals surface area contributed by atoms with Crippen LogP contribution in [0.1, 0.15) is 0 Å². The van der Waals surface area contributed by atoms with Gasteiger partial charge in [-0.2, -0.15) is 0 Å². The molecule has 1 unspecified atom stereocenters. The molecule has 19 heavy (non-hydrogen) atoms.